The van der Waals surface area contributed by atoms with Gasteiger partial charge in [-0.2, -0.15) is 0 Å². The molecule has 0 unspecified atom stereocenters. The summed E-state index contributed by atoms with van der Waals surface area (Å²) in [5.41, 5.74) is 1.00. The molecule has 0 aliphatic heterocycles. The standard InChI is InChI=1S/C22H28N2O8S4/c1-35(27,28)33-11-9-31-19-5-3-17(21(25)13-19)15-23-7-8-24-16-18-4-6-20(14-22(18)26)32-10-12-34-36(2,29)30/h3-6,13-16,25-26H,7-12H2,1-2H3. The molecule has 0 amide bonds. The maximum atomic E-state index is 11.1. The van der Waals surface area contributed by atoms with Gasteiger partial charge in [0, 0.05) is 59.7 Å². The highest BCUT2D eigenvalue weighted by atomic mass is 33.1. The molecular weight excluding hydrogens is 549 g/mol. The molecule has 0 fully saturated rings. The number of ether oxygens (including phenoxy) is 2. The van der Waals surface area contributed by atoms with Crippen molar-refractivity contribution in [2.45, 2.75) is 0 Å². The molecule has 0 spiro atoms. The molecule has 0 aromatic heterocycles. The highest BCUT2D eigenvalue weighted by molar-refractivity contribution is 8.72. The van der Waals surface area contributed by atoms with E-state index in [4.69, 9.17) is 9.47 Å². The average Bonchev–Trinajstić information content (AvgIpc) is 2.77. The minimum Gasteiger partial charge on any atom is -0.507 e. The number of aliphatic imine (C=N–C) groups is 2. The van der Waals surface area contributed by atoms with Crippen molar-refractivity contribution >= 4 is 51.8 Å². The van der Waals surface area contributed by atoms with Crippen LogP contribution in [0.1, 0.15) is 11.1 Å². The summed E-state index contributed by atoms with van der Waals surface area (Å²) >= 11 is 0. The lowest BCUT2D eigenvalue weighted by Gasteiger charge is -2.07. The number of benzene rings is 2. The predicted octanol–water partition coefficient (Wildman–Crippen LogP) is 2.78. The van der Waals surface area contributed by atoms with Crippen LogP contribution >= 0.6 is 21.6 Å². The van der Waals surface area contributed by atoms with Crippen LogP contribution in [-0.4, -0.2) is 89.8 Å². The van der Waals surface area contributed by atoms with Crippen LogP contribution in [-0.2, 0) is 17.7 Å². The van der Waals surface area contributed by atoms with Crippen molar-refractivity contribution in [3.8, 4) is 23.0 Å². The van der Waals surface area contributed by atoms with Gasteiger partial charge in [0.2, 0.25) is 0 Å². The van der Waals surface area contributed by atoms with Crippen molar-refractivity contribution < 1.29 is 36.5 Å². The summed E-state index contributed by atoms with van der Waals surface area (Å²) in [4.78, 5) is 8.45. The van der Waals surface area contributed by atoms with Gasteiger partial charge in [0.1, 0.15) is 23.0 Å². The van der Waals surface area contributed by atoms with Crippen molar-refractivity contribution in [3.05, 3.63) is 47.5 Å². The Morgan fingerprint density at radius 3 is 1.47 bits per heavy atom. The van der Waals surface area contributed by atoms with Gasteiger partial charge in [-0.1, -0.05) is 0 Å². The Labute approximate surface area is 218 Å². The molecule has 2 aromatic carbocycles. The summed E-state index contributed by atoms with van der Waals surface area (Å²) in [6, 6.07) is 9.47. The average molecular weight is 577 g/mol. The van der Waals surface area contributed by atoms with Crippen LogP contribution in [0.25, 0.3) is 0 Å². The lowest BCUT2D eigenvalue weighted by atomic mass is 10.2. The summed E-state index contributed by atoms with van der Waals surface area (Å²) in [6.07, 6.45) is 5.30. The van der Waals surface area contributed by atoms with Crippen molar-refractivity contribution in [2.75, 3.05) is 50.3 Å². The summed E-state index contributed by atoms with van der Waals surface area (Å²) < 4.78 is 55.2. The van der Waals surface area contributed by atoms with Gasteiger partial charge in [-0.3, -0.25) is 9.98 Å². The molecular formula is C22H28N2O8S4. The van der Waals surface area contributed by atoms with E-state index in [2.05, 4.69) is 9.98 Å². The minimum absolute atomic E-state index is 0.0161. The third kappa shape index (κ3) is 12.5. The zero-order chi connectivity index (χ0) is 26.6. The van der Waals surface area contributed by atoms with Gasteiger partial charge in [0.25, 0.3) is 0 Å². The number of hydrogen-bond acceptors (Lipinski definition) is 12. The first kappa shape index (κ1) is 29.8. The molecule has 0 heterocycles. The third-order valence-electron chi connectivity index (χ3n) is 4.12. The van der Waals surface area contributed by atoms with E-state index in [9.17, 15) is 27.0 Å². The fraction of sp³-hybridized carbons (Fsp3) is 0.364. The van der Waals surface area contributed by atoms with Crippen molar-refractivity contribution in [1.82, 2.24) is 0 Å². The first-order valence-corrected chi connectivity index (χ1v) is 17.3. The largest absolute Gasteiger partial charge is 0.507 e. The topological polar surface area (TPSA) is 152 Å². The molecule has 0 atom stereocenters. The van der Waals surface area contributed by atoms with E-state index in [0.717, 1.165) is 34.1 Å². The highest BCUT2D eigenvalue weighted by Crippen LogP contribution is 2.24. The number of nitrogens with zero attached hydrogens (tertiary/aromatic N) is 2. The molecule has 0 aliphatic rings. The second-order valence-corrected chi connectivity index (χ2v) is 16.4. The fourth-order valence-corrected chi connectivity index (χ4v) is 5.71. The van der Waals surface area contributed by atoms with Gasteiger partial charge in [-0.15, -0.1) is 0 Å². The lowest BCUT2D eigenvalue weighted by Crippen LogP contribution is -2.03. The molecule has 0 radical (unpaired) electrons. The summed E-state index contributed by atoms with van der Waals surface area (Å²) in [5.74, 6) is 1.38. The van der Waals surface area contributed by atoms with E-state index < -0.39 is 17.7 Å². The Hall–Kier alpha value is -2.42. The van der Waals surface area contributed by atoms with Crippen LogP contribution in [0.3, 0.4) is 0 Å². The molecule has 14 heteroatoms. The molecule has 10 nitrogen and oxygen atoms in total. The van der Waals surface area contributed by atoms with Crippen molar-refractivity contribution in [1.29, 1.82) is 0 Å². The van der Waals surface area contributed by atoms with Crippen LogP contribution in [0.4, 0.5) is 0 Å². The third-order valence-corrected chi connectivity index (χ3v) is 9.21. The lowest BCUT2D eigenvalue weighted by molar-refractivity contribution is 0.341. The number of phenols is 2. The Kier molecular flexibility index (Phi) is 11.9. The second kappa shape index (κ2) is 14.4. The smallest absolute Gasteiger partial charge is 0.198 e. The molecule has 0 saturated carbocycles. The summed E-state index contributed by atoms with van der Waals surface area (Å²) in [5, 5.41) is 20.2. The van der Waals surface area contributed by atoms with E-state index in [1.54, 1.807) is 24.3 Å². The molecule has 0 saturated heterocycles. The Bertz CT molecular complexity index is 1180. The Balaban J connectivity index is 1.75. The van der Waals surface area contributed by atoms with Gasteiger partial charge < -0.3 is 19.7 Å². The number of aromatic hydroxyl groups is 2. The van der Waals surface area contributed by atoms with Crippen LogP contribution in [0.2, 0.25) is 0 Å². The number of phenolic OH excluding ortho intramolecular Hbond substituents is 2. The van der Waals surface area contributed by atoms with E-state index in [0.29, 0.717) is 35.7 Å². The molecule has 2 aromatic rings. The zero-order valence-electron chi connectivity index (χ0n) is 19.7. The van der Waals surface area contributed by atoms with E-state index in [1.807, 2.05) is 0 Å². The summed E-state index contributed by atoms with van der Waals surface area (Å²) in [7, 11) is -4.63. The van der Waals surface area contributed by atoms with Crippen LogP contribution in [0.15, 0.2) is 46.4 Å². The fourth-order valence-electron chi connectivity index (χ4n) is 2.58. The van der Waals surface area contributed by atoms with Crippen LogP contribution in [0.5, 0.6) is 23.0 Å². The maximum absolute atomic E-state index is 11.1. The molecule has 0 bridgehead atoms. The van der Waals surface area contributed by atoms with Crippen molar-refractivity contribution in [2.24, 2.45) is 9.98 Å². The van der Waals surface area contributed by atoms with E-state index >= 15 is 0 Å². The first-order chi connectivity index (χ1) is 16.9. The molecule has 2 N–H and O–H groups in total. The molecule has 198 valence electrons. The number of rotatable bonds is 15. The highest BCUT2D eigenvalue weighted by Gasteiger charge is 2.06. The molecule has 0 aliphatic carbocycles. The van der Waals surface area contributed by atoms with Gasteiger partial charge in [0.05, 0.1) is 26.3 Å². The zero-order valence-corrected chi connectivity index (χ0v) is 23.0. The van der Waals surface area contributed by atoms with Gasteiger partial charge in [-0.25, -0.2) is 16.8 Å². The van der Waals surface area contributed by atoms with Crippen molar-refractivity contribution in [3.63, 3.8) is 0 Å². The van der Waals surface area contributed by atoms with Gasteiger partial charge in [-0.05, 0) is 45.9 Å². The van der Waals surface area contributed by atoms with E-state index in [-0.39, 0.29) is 36.2 Å². The van der Waals surface area contributed by atoms with E-state index in [1.165, 1.54) is 24.6 Å². The predicted molar refractivity (Wildman–Crippen MR) is 147 cm³/mol. The SMILES string of the molecule is CS(=O)(=O)SCCOc1ccc(C=NCCN=Cc2ccc(OCCSS(C)(=O)=O)cc2O)c(O)c1. The summed E-state index contributed by atoms with van der Waals surface area (Å²) in [6.45, 7) is 1.10. The normalized spacial score (nSPS) is 12.4. The van der Waals surface area contributed by atoms with Crippen LogP contribution < -0.4 is 9.47 Å². The quantitative estimate of drug-likeness (QED) is 0.184. The monoisotopic (exact) mass is 576 g/mol. The van der Waals surface area contributed by atoms with Gasteiger partial charge >= 0.3 is 0 Å². The Morgan fingerprint density at radius 2 is 1.14 bits per heavy atom. The Morgan fingerprint density at radius 1 is 0.750 bits per heavy atom. The molecule has 36 heavy (non-hydrogen) atoms. The molecule has 2 rings (SSSR count). The maximum Gasteiger partial charge on any atom is 0.198 e. The number of hydrogen-bond donors (Lipinski definition) is 2. The minimum atomic E-state index is -3.11. The first-order valence-electron chi connectivity index (χ1n) is 10.5. The van der Waals surface area contributed by atoms with Gasteiger partial charge in [0.15, 0.2) is 17.7 Å². The second-order valence-electron chi connectivity index (χ2n) is 7.26. The van der Waals surface area contributed by atoms with Crippen LogP contribution in [0, 0.1) is 0 Å².